The maximum absolute atomic E-state index is 12.6. The highest BCUT2D eigenvalue weighted by Gasteiger charge is 2.26. The predicted molar refractivity (Wildman–Crippen MR) is 94.3 cm³/mol. The average molecular weight is 343 g/mol. The first-order chi connectivity index (χ1) is 12.1. The van der Waals surface area contributed by atoms with Crippen molar-refractivity contribution in [3.63, 3.8) is 0 Å². The minimum atomic E-state index is -0.314. The molecule has 0 bridgehead atoms. The number of hydrogen-bond acceptors (Lipinski definition) is 5. The Morgan fingerprint density at radius 3 is 2.68 bits per heavy atom. The Kier molecular flexibility index (Phi) is 5.33. The first-order valence-electron chi connectivity index (χ1n) is 8.57. The molecule has 0 N–H and O–H groups in total. The maximum Gasteiger partial charge on any atom is 0.247 e. The van der Waals surface area contributed by atoms with Crippen LogP contribution in [0.1, 0.15) is 24.1 Å². The van der Waals surface area contributed by atoms with Crippen molar-refractivity contribution in [3.05, 3.63) is 42.0 Å². The molecule has 1 saturated heterocycles. The first-order valence-corrected chi connectivity index (χ1v) is 8.57. The third-order valence-electron chi connectivity index (χ3n) is 4.70. The van der Waals surface area contributed by atoms with Gasteiger partial charge in [-0.3, -0.25) is 9.69 Å². The number of carbonyl (C=O) groups excluding carboxylic acids is 1. The predicted octanol–water partition coefficient (Wildman–Crippen LogP) is 1.50. The lowest BCUT2D eigenvalue weighted by Crippen LogP contribution is -2.50. The number of piperazine rings is 1. The topological polar surface area (TPSA) is 63.5 Å². The van der Waals surface area contributed by atoms with E-state index in [0.29, 0.717) is 0 Å². The molecule has 2 aromatic rings. The zero-order valence-corrected chi connectivity index (χ0v) is 15.1. The molecule has 2 heterocycles. The fraction of sp³-hybridized carbons (Fsp3) is 0.500. The molecule has 1 aromatic heterocycles. The molecule has 1 amide bonds. The van der Waals surface area contributed by atoms with Crippen molar-refractivity contribution in [1.29, 1.82) is 0 Å². The van der Waals surface area contributed by atoms with Crippen LogP contribution >= 0.6 is 0 Å². The van der Waals surface area contributed by atoms with Crippen LogP contribution in [0.3, 0.4) is 0 Å². The zero-order chi connectivity index (χ0) is 17.8. The number of benzene rings is 1. The third kappa shape index (κ3) is 3.99. The lowest BCUT2D eigenvalue weighted by molar-refractivity contribution is -0.136. The Balaban J connectivity index is 1.57. The number of hydrogen-bond donors (Lipinski definition) is 0. The van der Waals surface area contributed by atoms with E-state index in [1.165, 1.54) is 17.5 Å². The van der Waals surface area contributed by atoms with Crippen molar-refractivity contribution in [2.24, 2.45) is 0 Å². The molecule has 0 spiro atoms. The van der Waals surface area contributed by atoms with Gasteiger partial charge in [0, 0.05) is 38.3 Å². The zero-order valence-electron chi connectivity index (χ0n) is 15.1. The molecule has 1 aliphatic heterocycles. The van der Waals surface area contributed by atoms with Crippen LogP contribution in [0.4, 0.5) is 0 Å². The Bertz CT molecular complexity index is 708. The van der Waals surface area contributed by atoms with Gasteiger partial charge in [-0.2, -0.15) is 5.10 Å². The monoisotopic (exact) mass is 343 g/mol. The summed E-state index contributed by atoms with van der Waals surface area (Å²) in [6.45, 7) is 7.95. The Morgan fingerprint density at radius 2 is 2.04 bits per heavy atom. The van der Waals surface area contributed by atoms with Gasteiger partial charge in [-0.1, -0.05) is 17.7 Å². The second kappa shape index (κ2) is 7.65. The van der Waals surface area contributed by atoms with E-state index in [1.807, 2.05) is 17.9 Å². The molecule has 1 atom stereocenters. The summed E-state index contributed by atoms with van der Waals surface area (Å²) < 4.78 is 7.07. The lowest BCUT2D eigenvalue weighted by Gasteiger charge is -2.36. The highest BCUT2D eigenvalue weighted by atomic mass is 16.5. The highest BCUT2D eigenvalue weighted by Crippen LogP contribution is 2.22. The second-order valence-electron chi connectivity index (χ2n) is 6.47. The molecule has 1 aliphatic rings. The van der Waals surface area contributed by atoms with Gasteiger partial charge in [-0.25, -0.2) is 9.67 Å². The molecule has 134 valence electrons. The summed E-state index contributed by atoms with van der Waals surface area (Å²) in [6.07, 6.45) is 3.04. The van der Waals surface area contributed by atoms with Crippen molar-refractivity contribution in [2.45, 2.75) is 26.4 Å². The van der Waals surface area contributed by atoms with Gasteiger partial charge < -0.3 is 9.64 Å². The summed E-state index contributed by atoms with van der Waals surface area (Å²) in [6, 6.07) is 5.93. The van der Waals surface area contributed by atoms with Crippen LogP contribution in [0.5, 0.6) is 5.75 Å². The van der Waals surface area contributed by atoms with Crippen molar-refractivity contribution in [3.8, 4) is 5.75 Å². The standard InChI is InChI=1S/C18H25N5O2/c1-14-4-5-17(25-3)16(10-14)11-21-6-8-22(9-7-21)18(24)15(2)23-13-19-12-20-23/h4-5,10,12-13,15H,6-9,11H2,1-3H3/t15-/m0/s1. The molecule has 7 nitrogen and oxygen atoms in total. The average Bonchev–Trinajstić information content (AvgIpc) is 3.16. The summed E-state index contributed by atoms with van der Waals surface area (Å²) in [5, 5.41) is 4.06. The smallest absolute Gasteiger partial charge is 0.247 e. The van der Waals surface area contributed by atoms with E-state index in [1.54, 1.807) is 18.1 Å². The molecule has 25 heavy (non-hydrogen) atoms. The number of methoxy groups -OCH3 is 1. The van der Waals surface area contributed by atoms with Gasteiger partial charge in [0.1, 0.15) is 24.4 Å². The van der Waals surface area contributed by atoms with Gasteiger partial charge in [-0.05, 0) is 19.9 Å². The van der Waals surface area contributed by atoms with Crippen LogP contribution in [-0.4, -0.2) is 63.8 Å². The lowest BCUT2D eigenvalue weighted by atomic mass is 10.1. The van der Waals surface area contributed by atoms with Gasteiger partial charge in [0.2, 0.25) is 5.91 Å². The summed E-state index contributed by atoms with van der Waals surface area (Å²) in [4.78, 5) is 20.8. The van der Waals surface area contributed by atoms with Gasteiger partial charge in [-0.15, -0.1) is 0 Å². The van der Waals surface area contributed by atoms with E-state index in [-0.39, 0.29) is 11.9 Å². The van der Waals surface area contributed by atoms with Crippen molar-refractivity contribution in [2.75, 3.05) is 33.3 Å². The molecule has 7 heteroatoms. The van der Waals surface area contributed by atoms with Gasteiger partial charge in [0.05, 0.1) is 7.11 Å². The summed E-state index contributed by atoms with van der Waals surface area (Å²) in [7, 11) is 1.70. The van der Waals surface area contributed by atoms with Gasteiger partial charge >= 0.3 is 0 Å². The first kappa shape index (κ1) is 17.4. The quantitative estimate of drug-likeness (QED) is 0.823. The molecular weight excluding hydrogens is 318 g/mol. The third-order valence-corrected chi connectivity index (χ3v) is 4.70. The Hall–Kier alpha value is -2.41. The van der Waals surface area contributed by atoms with Gasteiger partial charge in [0.25, 0.3) is 0 Å². The second-order valence-corrected chi connectivity index (χ2v) is 6.47. The Morgan fingerprint density at radius 1 is 1.28 bits per heavy atom. The van der Waals surface area contributed by atoms with E-state index in [0.717, 1.165) is 38.5 Å². The molecule has 3 rings (SSSR count). The molecule has 0 radical (unpaired) electrons. The van der Waals surface area contributed by atoms with E-state index in [4.69, 9.17) is 4.74 Å². The largest absolute Gasteiger partial charge is 0.496 e. The Labute approximate surface area is 148 Å². The van der Waals surface area contributed by atoms with Crippen LogP contribution in [0.2, 0.25) is 0 Å². The van der Waals surface area contributed by atoms with Crippen LogP contribution in [-0.2, 0) is 11.3 Å². The fourth-order valence-corrected chi connectivity index (χ4v) is 3.19. The molecule has 0 unspecified atom stereocenters. The van der Waals surface area contributed by atoms with Crippen LogP contribution in [0.15, 0.2) is 30.9 Å². The summed E-state index contributed by atoms with van der Waals surface area (Å²) in [5.41, 5.74) is 2.42. The molecule has 1 fully saturated rings. The van der Waals surface area contributed by atoms with E-state index >= 15 is 0 Å². The summed E-state index contributed by atoms with van der Waals surface area (Å²) in [5.74, 6) is 1.02. The number of rotatable bonds is 5. The van der Waals surface area contributed by atoms with Gasteiger partial charge in [0.15, 0.2) is 0 Å². The number of carbonyl (C=O) groups is 1. The van der Waals surface area contributed by atoms with Crippen molar-refractivity contribution in [1.82, 2.24) is 24.6 Å². The molecule has 0 saturated carbocycles. The maximum atomic E-state index is 12.6. The van der Waals surface area contributed by atoms with Crippen molar-refractivity contribution >= 4 is 5.91 Å². The fourth-order valence-electron chi connectivity index (χ4n) is 3.19. The van der Waals surface area contributed by atoms with E-state index < -0.39 is 0 Å². The highest BCUT2D eigenvalue weighted by molar-refractivity contribution is 5.80. The number of amides is 1. The minimum absolute atomic E-state index is 0.0956. The van der Waals surface area contributed by atoms with Crippen molar-refractivity contribution < 1.29 is 9.53 Å². The van der Waals surface area contributed by atoms with Crippen LogP contribution in [0.25, 0.3) is 0 Å². The number of ether oxygens (including phenoxy) is 1. The molecule has 1 aromatic carbocycles. The summed E-state index contributed by atoms with van der Waals surface area (Å²) >= 11 is 0. The van der Waals surface area contributed by atoms with Crippen LogP contribution in [0, 0.1) is 6.92 Å². The minimum Gasteiger partial charge on any atom is -0.496 e. The number of aromatic nitrogens is 3. The normalized spacial score (nSPS) is 16.7. The SMILES string of the molecule is COc1ccc(C)cc1CN1CCN(C(=O)[C@H](C)n2cncn2)CC1. The van der Waals surface area contributed by atoms with E-state index in [2.05, 4.69) is 34.0 Å². The molecule has 0 aliphatic carbocycles. The number of nitrogens with zero attached hydrogens (tertiary/aromatic N) is 5. The van der Waals surface area contributed by atoms with Crippen LogP contribution < -0.4 is 4.74 Å². The van der Waals surface area contributed by atoms with E-state index in [9.17, 15) is 4.79 Å². The number of aryl methyl sites for hydroxylation is 1. The molecular formula is C18H25N5O2.